The second kappa shape index (κ2) is 10.8. The summed E-state index contributed by atoms with van der Waals surface area (Å²) in [7, 11) is -3.53. The van der Waals surface area contributed by atoms with Crippen LogP contribution in [0.4, 0.5) is 5.69 Å². The van der Waals surface area contributed by atoms with Crippen molar-refractivity contribution in [2.24, 2.45) is 5.92 Å². The van der Waals surface area contributed by atoms with Gasteiger partial charge in [0.25, 0.3) is 11.6 Å². The van der Waals surface area contributed by atoms with Gasteiger partial charge in [-0.1, -0.05) is 25.4 Å². The van der Waals surface area contributed by atoms with Crippen LogP contribution in [0.15, 0.2) is 18.2 Å². The summed E-state index contributed by atoms with van der Waals surface area (Å²) in [5.41, 5.74) is -0.276. The number of sulfonamides is 1. The van der Waals surface area contributed by atoms with Gasteiger partial charge in [0.2, 0.25) is 15.9 Å². The van der Waals surface area contributed by atoms with Crippen molar-refractivity contribution < 1.29 is 27.7 Å². The minimum absolute atomic E-state index is 0.0133. The summed E-state index contributed by atoms with van der Waals surface area (Å²) >= 11 is 5.97. The Labute approximate surface area is 185 Å². The lowest BCUT2D eigenvalue weighted by atomic mass is 10.0. The summed E-state index contributed by atoms with van der Waals surface area (Å²) in [5, 5.41) is 15.8. The Bertz CT molecular complexity index is 933. The maximum Gasteiger partial charge on any atom is 0.270 e. The molecule has 2 amide bonds. The van der Waals surface area contributed by atoms with E-state index in [4.69, 9.17) is 16.3 Å². The monoisotopic (exact) mass is 476 g/mol. The molecule has 1 aromatic rings. The first-order valence-electron chi connectivity index (χ1n) is 9.61. The standard InChI is InChI=1S/C18H25ClN4O7S/c1-12(2)16(21-17(24)14-4-3-13(23(26)27)11-15(14)19)18(25)20-5-10-31(28,29)22-6-8-30-9-7-22/h3-4,11-12,16H,5-10H2,1-2H3,(H,20,25)(H,21,24). The number of morpholine rings is 1. The highest BCUT2D eigenvalue weighted by molar-refractivity contribution is 7.89. The molecule has 1 saturated heterocycles. The molecule has 0 spiro atoms. The summed E-state index contributed by atoms with van der Waals surface area (Å²) < 4.78 is 31.1. The van der Waals surface area contributed by atoms with Crippen molar-refractivity contribution in [3.05, 3.63) is 38.9 Å². The number of rotatable bonds is 9. The molecule has 172 valence electrons. The fraction of sp³-hybridized carbons (Fsp3) is 0.556. The number of benzene rings is 1. The molecule has 0 bridgehead atoms. The molecule has 13 heteroatoms. The molecule has 31 heavy (non-hydrogen) atoms. The van der Waals surface area contributed by atoms with Crippen LogP contribution >= 0.6 is 11.6 Å². The fourth-order valence-electron chi connectivity index (χ4n) is 2.92. The number of nitro benzene ring substituents is 1. The number of amides is 2. The molecule has 2 rings (SSSR count). The van der Waals surface area contributed by atoms with E-state index in [1.165, 1.54) is 10.4 Å². The molecule has 1 aromatic carbocycles. The van der Waals surface area contributed by atoms with E-state index in [2.05, 4.69) is 10.6 Å². The Balaban J connectivity index is 1.97. The highest BCUT2D eigenvalue weighted by atomic mass is 35.5. The van der Waals surface area contributed by atoms with Crippen LogP contribution in [0.5, 0.6) is 0 Å². The van der Waals surface area contributed by atoms with Crippen LogP contribution in [0.2, 0.25) is 5.02 Å². The minimum atomic E-state index is -3.53. The summed E-state index contributed by atoms with van der Waals surface area (Å²) in [5.74, 6) is -1.80. The fourth-order valence-corrected chi connectivity index (χ4v) is 4.51. The summed E-state index contributed by atoms with van der Waals surface area (Å²) in [4.78, 5) is 35.3. The van der Waals surface area contributed by atoms with Crippen LogP contribution in [-0.2, 0) is 19.6 Å². The van der Waals surface area contributed by atoms with Crippen molar-refractivity contribution in [2.75, 3.05) is 38.6 Å². The Morgan fingerprint density at radius 3 is 2.48 bits per heavy atom. The van der Waals surface area contributed by atoms with Crippen molar-refractivity contribution in [3.63, 3.8) is 0 Å². The number of carbonyl (C=O) groups is 2. The zero-order valence-corrected chi connectivity index (χ0v) is 18.7. The summed E-state index contributed by atoms with van der Waals surface area (Å²) in [6.07, 6.45) is 0. The molecule has 11 nitrogen and oxygen atoms in total. The van der Waals surface area contributed by atoms with Crippen molar-refractivity contribution in [3.8, 4) is 0 Å². The van der Waals surface area contributed by atoms with E-state index in [1.807, 2.05) is 0 Å². The zero-order valence-electron chi connectivity index (χ0n) is 17.2. The van der Waals surface area contributed by atoms with E-state index < -0.39 is 32.8 Å². The molecule has 1 fully saturated rings. The van der Waals surface area contributed by atoms with Crippen molar-refractivity contribution in [2.45, 2.75) is 19.9 Å². The highest BCUT2D eigenvalue weighted by Gasteiger charge is 2.28. The second-order valence-corrected chi connectivity index (χ2v) is 9.73. The number of nitrogens with one attached hydrogen (secondary N) is 2. The number of carbonyl (C=O) groups excluding carboxylic acids is 2. The number of non-ortho nitro benzene ring substituents is 1. The van der Waals surface area contributed by atoms with Crippen LogP contribution in [0, 0.1) is 16.0 Å². The van der Waals surface area contributed by atoms with E-state index in [9.17, 15) is 28.1 Å². The van der Waals surface area contributed by atoms with E-state index in [1.54, 1.807) is 13.8 Å². The van der Waals surface area contributed by atoms with Gasteiger partial charge in [-0.15, -0.1) is 0 Å². The van der Waals surface area contributed by atoms with Gasteiger partial charge in [0.1, 0.15) is 6.04 Å². The van der Waals surface area contributed by atoms with Gasteiger partial charge < -0.3 is 15.4 Å². The second-order valence-electron chi connectivity index (χ2n) is 7.23. The lowest BCUT2D eigenvalue weighted by molar-refractivity contribution is -0.384. The van der Waals surface area contributed by atoms with Gasteiger partial charge in [-0.3, -0.25) is 19.7 Å². The topological polar surface area (TPSA) is 148 Å². The quantitative estimate of drug-likeness (QED) is 0.395. The summed E-state index contributed by atoms with van der Waals surface area (Å²) in [6, 6.07) is 2.45. The van der Waals surface area contributed by atoms with Gasteiger partial charge in [0.15, 0.2) is 0 Å². The normalized spacial score (nSPS) is 16.0. The van der Waals surface area contributed by atoms with Crippen LogP contribution in [0.1, 0.15) is 24.2 Å². The predicted octanol–water partition coefficient (Wildman–Crippen LogP) is 0.781. The average Bonchev–Trinajstić information content (AvgIpc) is 2.71. The van der Waals surface area contributed by atoms with Crippen LogP contribution < -0.4 is 10.6 Å². The number of nitro groups is 1. The summed E-state index contributed by atoms with van der Waals surface area (Å²) in [6.45, 7) is 4.53. The number of hydrogen-bond donors (Lipinski definition) is 2. The minimum Gasteiger partial charge on any atom is -0.379 e. The van der Waals surface area contributed by atoms with E-state index in [-0.39, 0.29) is 47.6 Å². The van der Waals surface area contributed by atoms with Crippen molar-refractivity contribution in [1.29, 1.82) is 0 Å². The van der Waals surface area contributed by atoms with Crippen molar-refractivity contribution in [1.82, 2.24) is 14.9 Å². The van der Waals surface area contributed by atoms with E-state index in [0.29, 0.717) is 13.2 Å². The molecule has 0 radical (unpaired) electrons. The lowest BCUT2D eigenvalue weighted by Crippen LogP contribution is -2.51. The molecule has 1 heterocycles. The largest absolute Gasteiger partial charge is 0.379 e. The smallest absolute Gasteiger partial charge is 0.270 e. The van der Waals surface area contributed by atoms with Gasteiger partial charge in [0.05, 0.1) is 34.5 Å². The third-order valence-electron chi connectivity index (χ3n) is 4.67. The first kappa shape index (κ1) is 25.0. The van der Waals surface area contributed by atoms with Gasteiger partial charge >= 0.3 is 0 Å². The molecule has 0 aliphatic carbocycles. The first-order chi connectivity index (χ1) is 14.5. The number of hydrogen-bond acceptors (Lipinski definition) is 7. The number of nitrogens with zero attached hydrogens (tertiary/aromatic N) is 2. The molecule has 2 N–H and O–H groups in total. The van der Waals surface area contributed by atoms with E-state index >= 15 is 0 Å². The predicted molar refractivity (Wildman–Crippen MR) is 113 cm³/mol. The lowest BCUT2D eigenvalue weighted by Gasteiger charge is -2.26. The Morgan fingerprint density at radius 1 is 1.29 bits per heavy atom. The van der Waals surface area contributed by atoms with Crippen LogP contribution in [0.3, 0.4) is 0 Å². The van der Waals surface area contributed by atoms with Gasteiger partial charge in [0, 0.05) is 31.8 Å². The molecular formula is C18H25ClN4O7S. The third-order valence-corrected chi connectivity index (χ3v) is 6.85. The highest BCUT2D eigenvalue weighted by Crippen LogP contribution is 2.22. The maximum atomic E-state index is 12.6. The first-order valence-corrected chi connectivity index (χ1v) is 11.6. The molecule has 1 unspecified atom stereocenters. The van der Waals surface area contributed by atoms with Crippen LogP contribution in [0.25, 0.3) is 0 Å². The number of ether oxygens (including phenoxy) is 1. The third kappa shape index (κ3) is 6.86. The van der Waals surface area contributed by atoms with Gasteiger partial charge in [-0.25, -0.2) is 8.42 Å². The van der Waals surface area contributed by atoms with Gasteiger partial charge in [-0.2, -0.15) is 4.31 Å². The van der Waals surface area contributed by atoms with Gasteiger partial charge in [-0.05, 0) is 12.0 Å². The Morgan fingerprint density at radius 2 is 1.94 bits per heavy atom. The Hall–Kier alpha value is -2.28. The molecular weight excluding hydrogens is 452 g/mol. The molecule has 1 aliphatic rings. The van der Waals surface area contributed by atoms with Crippen LogP contribution in [-0.4, -0.2) is 74.1 Å². The molecule has 0 aromatic heterocycles. The SMILES string of the molecule is CC(C)C(NC(=O)c1ccc([N+](=O)[O-])cc1Cl)C(=O)NCCS(=O)(=O)N1CCOCC1. The number of halogens is 1. The van der Waals surface area contributed by atoms with E-state index in [0.717, 1.165) is 12.1 Å². The molecule has 1 aliphatic heterocycles. The zero-order chi connectivity index (χ0) is 23.2. The molecule has 1 atom stereocenters. The maximum absolute atomic E-state index is 12.6. The van der Waals surface area contributed by atoms with Crippen molar-refractivity contribution >= 4 is 39.1 Å². The average molecular weight is 477 g/mol. The molecule has 0 saturated carbocycles. The Kier molecular flexibility index (Phi) is 8.74.